The molecule has 0 aromatic carbocycles. The van der Waals surface area contributed by atoms with Gasteiger partial charge in [-0.15, -0.1) is 0 Å². The molecule has 0 spiro atoms. The van der Waals surface area contributed by atoms with E-state index in [1.165, 1.54) is 5.57 Å². The van der Waals surface area contributed by atoms with Crippen molar-refractivity contribution in [2.75, 3.05) is 32.7 Å². The average Bonchev–Trinajstić information content (AvgIpc) is 2.24. The first-order valence-corrected chi connectivity index (χ1v) is 6.61. The van der Waals surface area contributed by atoms with Gasteiger partial charge in [0.15, 0.2) is 0 Å². The van der Waals surface area contributed by atoms with Gasteiger partial charge in [-0.3, -0.25) is 4.90 Å². The summed E-state index contributed by atoms with van der Waals surface area (Å²) >= 11 is 0. The monoisotopic (exact) mass is 254 g/mol. The van der Waals surface area contributed by atoms with E-state index in [-0.39, 0.29) is 6.09 Å². The molecule has 0 radical (unpaired) electrons. The first-order valence-electron chi connectivity index (χ1n) is 6.61. The number of allylic oxidation sites excluding steroid dienone is 1. The second-order valence-corrected chi connectivity index (χ2v) is 6.05. The molecule has 4 heteroatoms. The molecule has 1 fully saturated rings. The Bertz CT molecular complexity index is 306. The van der Waals surface area contributed by atoms with Crippen molar-refractivity contribution in [2.45, 2.75) is 40.2 Å². The fourth-order valence-electron chi connectivity index (χ4n) is 1.75. The second kappa shape index (κ2) is 6.23. The molecular weight excluding hydrogens is 228 g/mol. The fourth-order valence-corrected chi connectivity index (χ4v) is 1.75. The van der Waals surface area contributed by atoms with E-state index in [0.29, 0.717) is 0 Å². The molecule has 1 amide bonds. The van der Waals surface area contributed by atoms with Gasteiger partial charge in [0.1, 0.15) is 5.60 Å². The summed E-state index contributed by atoms with van der Waals surface area (Å²) in [6.45, 7) is 14.2. The molecule has 0 aliphatic carbocycles. The van der Waals surface area contributed by atoms with Crippen LogP contribution in [-0.2, 0) is 4.74 Å². The highest BCUT2D eigenvalue weighted by Crippen LogP contribution is 2.11. The van der Waals surface area contributed by atoms with E-state index in [1.54, 1.807) is 4.90 Å². The summed E-state index contributed by atoms with van der Waals surface area (Å²) in [5, 5.41) is 0. The highest BCUT2D eigenvalue weighted by molar-refractivity contribution is 5.68. The number of carbonyl (C=O) groups is 1. The van der Waals surface area contributed by atoms with Crippen LogP contribution in [0.1, 0.15) is 34.6 Å². The Morgan fingerprint density at radius 2 is 1.72 bits per heavy atom. The van der Waals surface area contributed by atoms with Gasteiger partial charge in [-0.2, -0.15) is 0 Å². The lowest BCUT2D eigenvalue weighted by Gasteiger charge is -2.35. The van der Waals surface area contributed by atoms with Crippen molar-refractivity contribution in [3.05, 3.63) is 11.6 Å². The number of rotatable bonds is 2. The third-order valence-corrected chi connectivity index (χ3v) is 2.78. The third kappa shape index (κ3) is 5.54. The molecule has 1 rings (SSSR count). The summed E-state index contributed by atoms with van der Waals surface area (Å²) in [6, 6.07) is 0. The van der Waals surface area contributed by atoms with E-state index in [4.69, 9.17) is 4.74 Å². The van der Waals surface area contributed by atoms with Crippen molar-refractivity contribution in [3.63, 3.8) is 0 Å². The van der Waals surface area contributed by atoms with Crippen molar-refractivity contribution in [1.82, 2.24) is 9.80 Å². The van der Waals surface area contributed by atoms with Gasteiger partial charge in [0.2, 0.25) is 0 Å². The van der Waals surface area contributed by atoms with E-state index in [1.807, 2.05) is 20.8 Å². The van der Waals surface area contributed by atoms with Crippen LogP contribution >= 0.6 is 0 Å². The number of ether oxygens (including phenoxy) is 1. The molecule has 1 aliphatic rings. The first kappa shape index (κ1) is 15.0. The lowest BCUT2D eigenvalue weighted by molar-refractivity contribution is 0.0154. The summed E-state index contributed by atoms with van der Waals surface area (Å²) in [5.41, 5.74) is 0.931. The minimum Gasteiger partial charge on any atom is -0.444 e. The highest BCUT2D eigenvalue weighted by atomic mass is 16.6. The number of carbonyl (C=O) groups excluding carboxylic acids is 1. The Hall–Kier alpha value is -1.03. The molecule has 18 heavy (non-hydrogen) atoms. The van der Waals surface area contributed by atoms with Crippen LogP contribution < -0.4 is 0 Å². The zero-order valence-corrected chi connectivity index (χ0v) is 12.3. The Labute approximate surface area is 111 Å². The highest BCUT2D eigenvalue weighted by Gasteiger charge is 2.25. The molecule has 0 N–H and O–H groups in total. The first-order chi connectivity index (χ1) is 8.28. The van der Waals surface area contributed by atoms with Crippen molar-refractivity contribution in [2.24, 2.45) is 0 Å². The van der Waals surface area contributed by atoms with Gasteiger partial charge in [0.25, 0.3) is 0 Å². The van der Waals surface area contributed by atoms with Gasteiger partial charge in [-0.05, 0) is 34.6 Å². The van der Waals surface area contributed by atoms with E-state index < -0.39 is 5.60 Å². The number of nitrogens with zero attached hydrogens (tertiary/aromatic N) is 2. The topological polar surface area (TPSA) is 32.8 Å². The van der Waals surface area contributed by atoms with Crippen LogP contribution in [0.2, 0.25) is 0 Å². The van der Waals surface area contributed by atoms with E-state index >= 15 is 0 Å². The number of piperazine rings is 1. The normalized spacial score (nSPS) is 17.5. The maximum absolute atomic E-state index is 11.9. The third-order valence-electron chi connectivity index (χ3n) is 2.78. The predicted octanol–water partition coefficient (Wildman–Crippen LogP) is 2.51. The quantitative estimate of drug-likeness (QED) is 0.710. The van der Waals surface area contributed by atoms with Gasteiger partial charge >= 0.3 is 6.09 Å². The van der Waals surface area contributed by atoms with Gasteiger partial charge in [-0.25, -0.2) is 4.79 Å². The predicted molar refractivity (Wildman–Crippen MR) is 73.7 cm³/mol. The summed E-state index contributed by atoms with van der Waals surface area (Å²) in [4.78, 5) is 16.0. The van der Waals surface area contributed by atoms with E-state index in [0.717, 1.165) is 32.7 Å². The molecule has 1 heterocycles. The molecule has 0 unspecified atom stereocenters. The summed E-state index contributed by atoms with van der Waals surface area (Å²) in [7, 11) is 0. The van der Waals surface area contributed by atoms with Crippen molar-refractivity contribution in [1.29, 1.82) is 0 Å². The van der Waals surface area contributed by atoms with Crippen LogP contribution in [0.15, 0.2) is 11.6 Å². The number of hydrogen-bond donors (Lipinski definition) is 0. The Morgan fingerprint density at radius 3 is 2.17 bits per heavy atom. The summed E-state index contributed by atoms with van der Waals surface area (Å²) < 4.78 is 5.37. The zero-order valence-electron chi connectivity index (χ0n) is 12.3. The van der Waals surface area contributed by atoms with Crippen LogP contribution in [-0.4, -0.2) is 54.2 Å². The standard InChI is InChI=1S/C14H26N2O2/c1-12(2)6-7-15-8-10-16(11-9-15)13(17)18-14(3,4)5/h6H,7-11H2,1-5H3. The zero-order chi connectivity index (χ0) is 13.8. The van der Waals surface area contributed by atoms with Crippen LogP contribution in [0.25, 0.3) is 0 Å². The maximum Gasteiger partial charge on any atom is 0.410 e. The van der Waals surface area contributed by atoms with Crippen LogP contribution in [0.3, 0.4) is 0 Å². The minimum atomic E-state index is -0.406. The molecule has 1 aliphatic heterocycles. The molecule has 0 bridgehead atoms. The lowest BCUT2D eigenvalue weighted by atomic mass is 10.2. The van der Waals surface area contributed by atoms with Crippen molar-refractivity contribution < 1.29 is 9.53 Å². The van der Waals surface area contributed by atoms with Gasteiger partial charge < -0.3 is 9.64 Å². The summed E-state index contributed by atoms with van der Waals surface area (Å²) in [6.07, 6.45) is 2.03. The van der Waals surface area contributed by atoms with E-state index in [2.05, 4.69) is 24.8 Å². The molecule has 1 saturated heterocycles. The SMILES string of the molecule is CC(C)=CCN1CCN(C(=O)OC(C)(C)C)CC1. The molecule has 0 aromatic heterocycles. The Balaban J connectivity index is 2.35. The minimum absolute atomic E-state index is 0.190. The van der Waals surface area contributed by atoms with Crippen LogP contribution in [0, 0.1) is 0 Å². The van der Waals surface area contributed by atoms with E-state index in [9.17, 15) is 4.79 Å². The molecule has 0 aromatic rings. The molecular formula is C14H26N2O2. The van der Waals surface area contributed by atoms with Crippen LogP contribution in [0.5, 0.6) is 0 Å². The Morgan fingerprint density at radius 1 is 1.17 bits per heavy atom. The second-order valence-electron chi connectivity index (χ2n) is 6.05. The van der Waals surface area contributed by atoms with Gasteiger partial charge in [-0.1, -0.05) is 11.6 Å². The molecule has 0 atom stereocenters. The van der Waals surface area contributed by atoms with Gasteiger partial charge in [0.05, 0.1) is 0 Å². The Kier molecular flexibility index (Phi) is 5.20. The average molecular weight is 254 g/mol. The number of hydrogen-bond acceptors (Lipinski definition) is 3. The number of amides is 1. The fraction of sp³-hybridized carbons (Fsp3) is 0.786. The molecule has 4 nitrogen and oxygen atoms in total. The molecule has 0 saturated carbocycles. The van der Waals surface area contributed by atoms with Crippen LogP contribution in [0.4, 0.5) is 4.79 Å². The maximum atomic E-state index is 11.9. The van der Waals surface area contributed by atoms with Gasteiger partial charge in [0, 0.05) is 32.7 Å². The van der Waals surface area contributed by atoms with Crippen molar-refractivity contribution in [3.8, 4) is 0 Å². The largest absolute Gasteiger partial charge is 0.444 e. The van der Waals surface area contributed by atoms with Crippen molar-refractivity contribution >= 4 is 6.09 Å². The smallest absolute Gasteiger partial charge is 0.410 e. The summed E-state index contributed by atoms with van der Waals surface area (Å²) in [5.74, 6) is 0. The molecule has 104 valence electrons. The lowest BCUT2D eigenvalue weighted by Crippen LogP contribution is -2.49.